The van der Waals surface area contributed by atoms with E-state index in [1.807, 2.05) is 0 Å². The molecule has 2 N–H and O–H groups in total. The third kappa shape index (κ3) is 6.60. The Morgan fingerprint density at radius 1 is 1.13 bits per heavy atom. The average Bonchev–Trinajstić information content (AvgIpc) is 2.69. The van der Waals surface area contributed by atoms with Crippen LogP contribution in [0.3, 0.4) is 0 Å². The molecule has 0 spiro atoms. The van der Waals surface area contributed by atoms with Crippen LogP contribution >= 0.6 is 23.2 Å². The van der Waals surface area contributed by atoms with Gasteiger partial charge in [0.1, 0.15) is 18.4 Å². The Kier molecular flexibility index (Phi) is 8.44. The van der Waals surface area contributed by atoms with E-state index in [0.29, 0.717) is 10.8 Å². The Bertz CT molecular complexity index is 919. The van der Waals surface area contributed by atoms with Crippen molar-refractivity contribution in [2.24, 2.45) is 5.92 Å². The summed E-state index contributed by atoms with van der Waals surface area (Å²) in [5.41, 5.74) is -0.179. The zero-order valence-corrected chi connectivity index (χ0v) is 17.9. The molecule has 0 aliphatic carbocycles. The van der Waals surface area contributed by atoms with E-state index in [9.17, 15) is 19.7 Å². The predicted octanol–water partition coefficient (Wildman–Crippen LogP) is 3.85. The van der Waals surface area contributed by atoms with E-state index in [-0.39, 0.29) is 41.3 Å². The third-order valence-corrected chi connectivity index (χ3v) is 4.69. The highest BCUT2D eigenvalue weighted by Crippen LogP contribution is 2.22. The van der Waals surface area contributed by atoms with E-state index in [4.69, 9.17) is 27.9 Å². The largest absolute Gasteiger partial charge is 0.492 e. The van der Waals surface area contributed by atoms with Gasteiger partial charge in [0.25, 0.3) is 11.6 Å². The van der Waals surface area contributed by atoms with Gasteiger partial charge in [-0.2, -0.15) is 0 Å². The molecule has 0 bridgehead atoms. The molecule has 0 saturated heterocycles. The summed E-state index contributed by atoms with van der Waals surface area (Å²) in [5.74, 6) is -0.560. The molecule has 2 aromatic carbocycles. The third-order valence-electron chi connectivity index (χ3n) is 4.13. The lowest BCUT2D eigenvalue weighted by Crippen LogP contribution is -2.50. The van der Waals surface area contributed by atoms with Gasteiger partial charge in [-0.15, -0.1) is 0 Å². The minimum absolute atomic E-state index is 0.0480. The number of benzene rings is 2. The van der Waals surface area contributed by atoms with Crippen LogP contribution in [0.2, 0.25) is 10.0 Å². The highest BCUT2D eigenvalue weighted by atomic mass is 35.5. The number of hydrogen-bond acceptors (Lipinski definition) is 5. The second-order valence-electron chi connectivity index (χ2n) is 6.71. The molecule has 0 unspecified atom stereocenters. The van der Waals surface area contributed by atoms with E-state index < -0.39 is 16.9 Å². The monoisotopic (exact) mass is 453 g/mol. The maximum Gasteiger partial charge on any atom is 0.270 e. The number of non-ortho nitro benzene ring substituents is 1. The molecule has 0 fully saturated rings. The van der Waals surface area contributed by atoms with Crippen molar-refractivity contribution in [3.05, 3.63) is 68.2 Å². The maximum atomic E-state index is 12.5. The fourth-order valence-electron chi connectivity index (χ4n) is 2.54. The minimum atomic E-state index is -0.820. The van der Waals surface area contributed by atoms with Crippen LogP contribution in [0.25, 0.3) is 0 Å². The number of nitro groups is 1. The number of nitrogens with zero attached hydrogens (tertiary/aromatic N) is 1. The number of amides is 2. The highest BCUT2D eigenvalue weighted by molar-refractivity contribution is 6.34. The molecule has 160 valence electrons. The van der Waals surface area contributed by atoms with E-state index in [1.54, 1.807) is 38.1 Å². The molecular formula is C20H21Cl2N3O5. The normalized spacial score (nSPS) is 11.6. The summed E-state index contributed by atoms with van der Waals surface area (Å²) in [7, 11) is 0. The first kappa shape index (κ1) is 23.4. The van der Waals surface area contributed by atoms with Crippen molar-refractivity contribution in [3.8, 4) is 5.75 Å². The van der Waals surface area contributed by atoms with Gasteiger partial charge in [-0.25, -0.2) is 0 Å². The lowest BCUT2D eigenvalue weighted by molar-refractivity contribution is -0.384. The first-order valence-corrected chi connectivity index (χ1v) is 9.85. The average molecular weight is 454 g/mol. The zero-order chi connectivity index (χ0) is 22.3. The lowest BCUT2D eigenvalue weighted by atomic mass is 10.0. The molecule has 0 aliphatic rings. The fourth-order valence-corrected chi connectivity index (χ4v) is 2.93. The van der Waals surface area contributed by atoms with Crippen molar-refractivity contribution >= 4 is 40.7 Å². The molecule has 1 atom stereocenters. The maximum absolute atomic E-state index is 12.5. The van der Waals surface area contributed by atoms with Crippen LogP contribution in [0.4, 0.5) is 5.69 Å². The quantitative estimate of drug-likeness (QED) is 0.340. The minimum Gasteiger partial charge on any atom is -0.492 e. The molecule has 0 radical (unpaired) electrons. The van der Waals surface area contributed by atoms with Crippen LogP contribution in [0.5, 0.6) is 5.75 Å². The Morgan fingerprint density at radius 3 is 2.37 bits per heavy atom. The first-order valence-electron chi connectivity index (χ1n) is 9.10. The van der Waals surface area contributed by atoms with Gasteiger partial charge >= 0.3 is 0 Å². The van der Waals surface area contributed by atoms with Crippen LogP contribution in [0.15, 0.2) is 42.5 Å². The number of nitro benzene ring substituents is 1. The summed E-state index contributed by atoms with van der Waals surface area (Å²) in [6.45, 7) is 4.04. The summed E-state index contributed by atoms with van der Waals surface area (Å²) in [6, 6.07) is 9.54. The van der Waals surface area contributed by atoms with E-state index in [0.717, 1.165) is 6.07 Å². The number of ether oxygens (including phenoxy) is 1. The van der Waals surface area contributed by atoms with Crippen molar-refractivity contribution in [2.75, 3.05) is 13.2 Å². The Balaban J connectivity index is 1.92. The first-order chi connectivity index (χ1) is 14.2. The molecule has 0 heterocycles. The highest BCUT2D eigenvalue weighted by Gasteiger charge is 2.25. The Morgan fingerprint density at radius 2 is 1.80 bits per heavy atom. The van der Waals surface area contributed by atoms with Crippen LogP contribution in [0, 0.1) is 16.0 Å². The standard InChI is InChI=1S/C20H21Cl2N3O5/c1-12(2)18(20(27)23-9-10-30-15-6-3-13(21)4-7-15)24-19(26)16-8-5-14(25(28)29)11-17(16)22/h3-8,11-12,18H,9-10H2,1-2H3,(H,23,27)(H,24,26)/t18-/m0/s1. The molecule has 0 aromatic heterocycles. The number of hydrogen-bond donors (Lipinski definition) is 2. The summed E-state index contributed by atoms with van der Waals surface area (Å²) in [6.07, 6.45) is 0. The van der Waals surface area contributed by atoms with Crippen molar-refractivity contribution < 1.29 is 19.2 Å². The number of nitrogens with one attached hydrogen (secondary N) is 2. The van der Waals surface area contributed by atoms with Gasteiger partial charge in [-0.05, 0) is 36.2 Å². The number of halogens is 2. The van der Waals surface area contributed by atoms with Gasteiger partial charge in [0, 0.05) is 17.2 Å². The molecular weight excluding hydrogens is 433 g/mol. The van der Waals surface area contributed by atoms with E-state index in [2.05, 4.69) is 10.6 Å². The van der Waals surface area contributed by atoms with E-state index >= 15 is 0 Å². The molecule has 8 nitrogen and oxygen atoms in total. The van der Waals surface area contributed by atoms with Crippen molar-refractivity contribution in [1.29, 1.82) is 0 Å². The summed E-state index contributed by atoms with van der Waals surface area (Å²) in [4.78, 5) is 35.2. The Hall–Kier alpha value is -2.84. The molecule has 0 aliphatic heterocycles. The predicted molar refractivity (Wildman–Crippen MR) is 114 cm³/mol. The smallest absolute Gasteiger partial charge is 0.270 e. The van der Waals surface area contributed by atoms with Crippen molar-refractivity contribution in [1.82, 2.24) is 10.6 Å². The fraction of sp³-hybridized carbons (Fsp3) is 0.300. The molecule has 2 amide bonds. The van der Waals surface area contributed by atoms with Gasteiger partial charge in [0.15, 0.2) is 0 Å². The lowest BCUT2D eigenvalue weighted by Gasteiger charge is -2.22. The van der Waals surface area contributed by atoms with E-state index in [1.165, 1.54) is 12.1 Å². The second-order valence-corrected chi connectivity index (χ2v) is 7.55. The van der Waals surface area contributed by atoms with Crippen LogP contribution in [-0.2, 0) is 4.79 Å². The molecule has 0 saturated carbocycles. The molecule has 2 aromatic rings. The summed E-state index contributed by atoms with van der Waals surface area (Å²) in [5, 5.41) is 16.7. The van der Waals surface area contributed by atoms with Gasteiger partial charge in [0.05, 0.1) is 22.1 Å². The number of carbonyl (C=O) groups is 2. The van der Waals surface area contributed by atoms with Crippen LogP contribution in [0.1, 0.15) is 24.2 Å². The topological polar surface area (TPSA) is 111 Å². The van der Waals surface area contributed by atoms with Gasteiger partial charge < -0.3 is 15.4 Å². The van der Waals surface area contributed by atoms with Gasteiger partial charge in [-0.3, -0.25) is 19.7 Å². The summed E-state index contributed by atoms with van der Waals surface area (Å²) < 4.78 is 5.52. The molecule has 30 heavy (non-hydrogen) atoms. The second kappa shape index (κ2) is 10.8. The zero-order valence-electron chi connectivity index (χ0n) is 16.4. The number of rotatable bonds is 9. The van der Waals surface area contributed by atoms with Crippen LogP contribution in [-0.4, -0.2) is 35.9 Å². The van der Waals surface area contributed by atoms with Gasteiger partial charge in [0.2, 0.25) is 5.91 Å². The van der Waals surface area contributed by atoms with Crippen molar-refractivity contribution in [3.63, 3.8) is 0 Å². The molecule has 10 heteroatoms. The molecule has 2 rings (SSSR count). The Labute approximate surface area is 183 Å². The summed E-state index contributed by atoms with van der Waals surface area (Å²) >= 11 is 11.8. The van der Waals surface area contributed by atoms with Crippen LogP contribution < -0.4 is 15.4 Å². The van der Waals surface area contributed by atoms with Crippen molar-refractivity contribution in [2.45, 2.75) is 19.9 Å². The number of carbonyl (C=O) groups excluding carboxylic acids is 2. The van der Waals surface area contributed by atoms with Gasteiger partial charge in [-0.1, -0.05) is 37.0 Å². The SMILES string of the molecule is CC(C)[C@H](NC(=O)c1ccc([N+](=O)[O-])cc1Cl)C(=O)NCCOc1ccc(Cl)cc1.